The molecule has 128 valence electrons. The number of hydrogen-bond donors (Lipinski definition) is 1. The van der Waals surface area contributed by atoms with E-state index in [1.165, 1.54) is 17.0 Å². The summed E-state index contributed by atoms with van der Waals surface area (Å²) in [5.41, 5.74) is 2.00. The Kier molecular flexibility index (Phi) is 3.66. The third-order valence-corrected chi connectivity index (χ3v) is 4.96. The molecule has 3 aliphatic rings. The first kappa shape index (κ1) is 15.4. The van der Waals surface area contributed by atoms with Crippen molar-refractivity contribution in [3.05, 3.63) is 29.1 Å². The lowest BCUT2D eigenvalue weighted by Crippen LogP contribution is -2.42. The first-order valence-electron chi connectivity index (χ1n) is 8.44. The molecule has 4 rings (SSSR count). The zero-order valence-corrected chi connectivity index (χ0v) is 13.6. The van der Waals surface area contributed by atoms with Gasteiger partial charge in [0.25, 0.3) is 12.3 Å². The number of rotatable bonds is 2. The van der Waals surface area contributed by atoms with Crippen molar-refractivity contribution in [3.63, 3.8) is 0 Å². The van der Waals surface area contributed by atoms with Gasteiger partial charge in [0.15, 0.2) is 0 Å². The summed E-state index contributed by atoms with van der Waals surface area (Å²) >= 11 is 0. The molecule has 1 saturated carbocycles. The van der Waals surface area contributed by atoms with Gasteiger partial charge in [-0.2, -0.15) is 5.10 Å². The number of anilines is 1. The van der Waals surface area contributed by atoms with Gasteiger partial charge in [-0.05, 0) is 50.7 Å². The van der Waals surface area contributed by atoms with Gasteiger partial charge in [0.05, 0.1) is 6.20 Å². The highest BCUT2D eigenvalue weighted by Gasteiger charge is 2.33. The molecule has 2 aliphatic heterocycles. The van der Waals surface area contributed by atoms with E-state index in [1.54, 1.807) is 0 Å². The van der Waals surface area contributed by atoms with Gasteiger partial charge < -0.3 is 10.2 Å². The molecule has 24 heavy (non-hydrogen) atoms. The smallest absolute Gasteiger partial charge is 0.280 e. The van der Waals surface area contributed by atoms with E-state index in [-0.39, 0.29) is 17.6 Å². The van der Waals surface area contributed by atoms with Crippen LogP contribution in [-0.4, -0.2) is 39.6 Å². The summed E-state index contributed by atoms with van der Waals surface area (Å²) in [5, 5.41) is 7.20. The standard InChI is InChI=1S/C17H20F2N4O/c1-10-4-2-3-7-22(10)17(24)12-9-20-23-14(15(18)19)8-13(11-5-6-11)21-16(12)23/h8-10,15,21H,2-7H2,1H3. The van der Waals surface area contributed by atoms with Gasteiger partial charge in [-0.3, -0.25) is 4.79 Å². The summed E-state index contributed by atoms with van der Waals surface area (Å²) in [4.78, 5) is 14.7. The number of carbonyl (C=O) groups excluding carboxylic acids is 1. The minimum atomic E-state index is -2.64. The van der Waals surface area contributed by atoms with Crippen LogP contribution in [0.2, 0.25) is 0 Å². The van der Waals surface area contributed by atoms with Crippen LogP contribution in [0.15, 0.2) is 23.5 Å². The van der Waals surface area contributed by atoms with E-state index >= 15 is 0 Å². The molecule has 5 nitrogen and oxygen atoms in total. The Balaban J connectivity index is 1.72. The molecular weight excluding hydrogens is 314 g/mol. The number of aromatic nitrogens is 2. The molecular formula is C17H20F2N4O. The van der Waals surface area contributed by atoms with E-state index in [1.807, 2.05) is 11.8 Å². The molecule has 2 fully saturated rings. The Morgan fingerprint density at radius 3 is 2.83 bits per heavy atom. The largest absolute Gasteiger partial charge is 0.339 e. The van der Waals surface area contributed by atoms with Gasteiger partial charge in [-0.1, -0.05) is 0 Å². The minimum absolute atomic E-state index is 0.133. The maximum atomic E-state index is 13.4. The van der Waals surface area contributed by atoms with Crippen LogP contribution in [0.25, 0.3) is 5.70 Å². The van der Waals surface area contributed by atoms with E-state index in [9.17, 15) is 13.6 Å². The highest BCUT2D eigenvalue weighted by Crippen LogP contribution is 2.38. The van der Waals surface area contributed by atoms with Gasteiger partial charge in [-0.25, -0.2) is 13.5 Å². The van der Waals surface area contributed by atoms with Gasteiger partial charge in [0.1, 0.15) is 17.1 Å². The number of piperidine rings is 1. The van der Waals surface area contributed by atoms with E-state index in [0.717, 1.165) is 37.7 Å². The summed E-state index contributed by atoms with van der Waals surface area (Å²) in [7, 11) is 0. The number of nitrogens with zero attached hydrogens (tertiary/aromatic N) is 3. The molecule has 1 aromatic heterocycles. The number of alkyl halides is 2. The van der Waals surface area contributed by atoms with Gasteiger partial charge in [0.2, 0.25) is 0 Å². The molecule has 1 saturated heterocycles. The molecule has 3 heterocycles. The number of nitrogens with one attached hydrogen (secondary N) is 1. The fourth-order valence-electron chi connectivity index (χ4n) is 3.43. The summed E-state index contributed by atoms with van der Waals surface area (Å²) in [6.07, 6.45) is 5.10. The number of hydrogen-bond acceptors (Lipinski definition) is 3. The predicted molar refractivity (Wildman–Crippen MR) is 86.7 cm³/mol. The lowest BCUT2D eigenvalue weighted by Gasteiger charge is -2.33. The topological polar surface area (TPSA) is 50.2 Å². The third kappa shape index (κ3) is 2.52. The SMILES string of the molecule is CC1CCCCN1C(=O)c1cnn2c1NC(=C1CC1)C=C2C(F)F. The van der Waals surface area contributed by atoms with Crippen LogP contribution in [0.5, 0.6) is 0 Å². The molecule has 0 spiro atoms. The first-order valence-corrected chi connectivity index (χ1v) is 8.44. The fraction of sp³-hybridized carbons (Fsp3) is 0.529. The summed E-state index contributed by atoms with van der Waals surface area (Å²) in [6.45, 7) is 2.73. The molecule has 0 bridgehead atoms. The summed E-state index contributed by atoms with van der Waals surface area (Å²) < 4.78 is 28.0. The second-order valence-corrected chi connectivity index (χ2v) is 6.67. The number of allylic oxidation sites excluding steroid dienone is 3. The van der Waals surface area contributed by atoms with Crippen molar-refractivity contribution in [1.82, 2.24) is 14.7 Å². The Bertz CT molecular complexity index is 744. The van der Waals surface area contributed by atoms with Crippen LogP contribution in [0, 0.1) is 0 Å². The van der Waals surface area contributed by atoms with Crippen molar-refractivity contribution < 1.29 is 13.6 Å². The van der Waals surface area contributed by atoms with Crippen molar-refractivity contribution in [1.29, 1.82) is 0 Å². The minimum Gasteiger partial charge on any atom is -0.339 e. The second-order valence-electron chi connectivity index (χ2n) is 6.67. The Morgan fingerprint density at radius 2 is 2.17 bits per heavy atom. The molecule has 1 unspecified atom stereocenters. The van der Waals surface area contributed by atoms with E-state index < -0.39 is 6.43 Å². The van der Waals surface area contributed by atoms with Crippen LogP contribution >= 0.6 is 0 Å². The molecule has 7 heteroatoms. The maximum absolute atomic E-state index is 13.4. The van der Waals surface area contributed by atoms with Crippen molar-refractivity contribution >= 4 is 17.4 Å². The van der Waals surface area contributed by atoms with Crippen molar-refractivity contribution in [2.45, 2.75) is 51.5 Å². The van der Waals surface area contributed by atoms with Crippen LogP contribution < -0.4 is 5.32 Å². The fourth-order valence-corrected chi connectivity index (χ4v) is 3.43. The molecule has 1 amide bonds. The first-order chi connectivity index (χ1) is 11.6. The number of amides is 1. The average molecular weight is 334 g/mol. The van der Waals surface area contributed by atoms with Crippen molar-refractivity contribution in [3.8, 4) is 0 Å². The predicted octanol–water partition coefficient (Wildman–Crippen LogP) is 3.48. The normalized spacial score (nSPS) is 23.1. The molecule has 1 atom stereocenters. The lowest BCUT2D eigenvalue weighted by molar-refractivity contribution is 0.0636. The van der Waals surface area contributed by atoms with E-state index in [2.05, 4.69) is 10.4 Å². The van der Waals surface area contributed by atoms with Crippen LogP contribution in [0.1, 0.15) is 49.4 Å². The number of carbonyl (C=O) groups is 1. The van der Waals surface area contributed by atoms with E-state index in [0.29, 0.717) is 23.6 Å². The monoisotopic (exact) mass is 334 g/mol. The highest BCUT2D eigenvalue weighted by atomic mass is 19.3. The molecule has 1 N–H and O–H groups in total. The zero-order chi connectivity index (χ0) is 16.8. The van der Waals surface area contributed by atoms with Crippen molar-refractivity contribution in [2.24, 2.45) is 0 Å². The molecule has 1 aromatic rings. The Morgan fingerprint density at radius 1 is 1.38 bits per heavy atom. The van der Waals surface area contributed by atoms with Gasteiger partial charge in [0, 0.05) is 18.3 Å². The second kappa shape index (κ2) is 5.72. The van der Waals surface area contributed by atoms with E-state index in [4.69, 9.17) is 0 Å². The third-order valence-electron chi connectivity index (χ3n) is 4.96. The number of fused-ring (bicyclic) bond motifs is 1. The Hall–Kier alpha value is -2.18. The maximum Gasteiger partial charge on any atom is 0.280 e. The Labute approximate surface area is 139 Å². The van der Waals surface area contributed by atoms with Crippen LogP contribution in [0.3, 0.4) is 0 Å². The van der Waals surface area contributed by atoms with Crippen LogP contribution in [-0.2, 0) is 0 Å². The molecule has 0 radical (unpaired) electrons. The van der Waals surface area contributed by atoms with Gasteiger partial charge >= 0.3 is 0 Å². The van der Waals surface area contributed by atoms with Crippen LogP contribution in [0.4, 0.5) is 14.6 Å². The summed E-state index contributed by atoms with van der Waals surface area (Å²) in [6, 6.07) is 0.164. The number of likely N-dealkylation sites (tertiary alicyclic amines) is 1. The quantitative estimate of drug-likeness (QED) is 0.901. The highest BCUT2D eigenvalue weighted by molar-refractivity contribution is 6.00. The molecule has 0 aromatic carbocycles. The number of halogens is 2. The molecule has 1 aliphatic carbocycles. The zero-order valence-electron chi connectivity index (χ0n) is 13.6. The van der Waals surface area contributed by atoms with Crippen molar-refractivity contribution in [2.75, 3.05) is 11.9 Å². The summed E-state index contributed by atoms with van der Waals surface area (Å²) in [5.74, 6) is 0.233. The lowest BCUT2D eigenvalue weighted by atomic mass is 10.0. The van der Waals surface area contributed by atoms with Gasteiger partial charge in [-0.15, -0.1) is 0 Å². The average Bonchev–Trinajstić information content (AvgIpc) is 3.33.